The molecule has 0 spiro atoms. The number of quaternary nitrogens is 1. The number of esters is 2. The lowest BCUT2D eigenvalue weighted by molar-refractivity contribution is -0.870. The number of hydrogen-bond acceptors (Lipinski definition) is 8. The molecule has 0 aliphatic heterocycles. The highest BCUT2D eigenvalue weighted by molar-refractivity contribution is 7.45. The van der Waals surface area contributed by atoms with Crippen molar-refractivity contribution < 1.29 is 42.1 Å². The fourth-order valence-electron chi connectivity index (χ4n) is 13.1. The van der Waals surface area contributed by atoms with Gasteiger partial charge < -0.3 is 27.9 Å². The van der Waals surface area contributed by atoms with E-state index in [1.165, 1.54) is 334 Å². The molecule has 2 unspecified atom stereocenters. The minimum atomic E-state index is -4.65. The minimum absolute atomic E-state index is 0.0287. The number of likely N-dealkylation sites (N-methyl/N-ethyl adjacent to an activating group) is 1. The molecule has 100 heavy (non-hydrogen) atoms. The maximum absolute atomic E-state index is 12.9. The van der Waals surface area contributed by atoms with Gasteiger partial charge in [-0.15, -0.1) is 0 Å². The molecule has 0 saturated carbocycles. The van der Waals surface area contributed by atoms with Crippen LogP contribution in [0.4, 0.5) is 0 Å². The van der Waals surface area contributed by atoms with Crippen LogP contribution in [0.3, 0.4) is 0 Å². The van der Waals surface area contributed by atoms with Crippen molar-refractivity contribution in [3.63, 3.8) is 0 Å². The first-order chi connectivity index (χ1) is 49.0. The van der Waals surface area contributed by atoms with Crippen molar-refractivity contribution >= 4 is 19.8 Å². The summed E-state index contributed by atoms with van der Waals surface area (Å²) in [5.41, 5.74) is 0. The van der Waals surface area contributed by atoms with E-state index in [1.807, 2.05) is 21.1 Å². The smallest absolute Gasteiger partial charge is 0.306 e. The number of allylic oxidation sites excluding steroid dienone is 12. The largest absolute Gasteiger partial charge is 0.756 e. The predicted molar refractivity (Wildman–Crippen MR) is 434 cm³/mol. The quantitative estimate of drug-likeness (QED) is 0.0195. The van der Waals surface area contributed by atoms with Crippen molar-refractivity contribution in [2.24, 2.45) is 0 Å². The van der Waals surface area contributed by atoms with E-state index in [-0.39, 0.29) is 32.0 Å². The van der Waals surface area contributed by atoms with E-state index in [9.17, 15) is 19.0 Å². The van der Waals surface area contributed by atoms with Gasteiger partial charge in [-0.1, -0.05) is 433 Å². The summed E-state index contributed by atoms with van der Waals surface area (Å²) in [6.45, 7) is 4.21. The van der Waals surface area contributed by atoms with Crippen LogP contribution in [0, 0.1) is 0 Å². The Morgan fingerprint density at radius 3 is 0.850 bits per heavy atom. The summed E-state index contributed by atoms with van der Waals surface area (Å²) < 4.78 is 34.5. The Morgan fingerprint density at radius 2 is 0.570 bits per heavy atom. The van der Waals surface area contributed by atoms with Crippen LogP contribution >= 0.6 is 7.82 Å². The molecular weight excluding hydrogens is 1250 g/mol. The topological polar surface area (TPSA) is 111 Å². The standard InChI is InChI=1S/C90H168NO8P/c1-6-8-10-12-14-16-18-20-22-24-26-28-30-32-34-36-38-40-42-44-45-47-49-51-53-55-57-59-61-63-65-67-69-71-73-75-77-79-81-83-90(93)99-88(87-98-100(94,95)97-85-84-91(3,4)5)86-96-89(92)82-80-78-76-74-72-70-68-66-64-62-60-58-56-54-52-50-48-46-43-41-39-37-35-33-31-29-27-25-23-21-19-17-15-13-11-9-7-2/h8,10,14,16,20,22,26,28,32,34,38,40,88H,6-7,9,11-13,15,17-19,21,23-25,27,29-31,33,35-37,39,41-87H2,1-5H3/b10-8-,16-14-,22-20-,28-26-,34-32-,40-38-. The Bertz CT molecular complexity index is 1920. The molecule has 0 fully saturated rings. The van der Waals surface area contributed by atoms with Crippen LogP contribution in [-0.4, -0.2) is 70.0 Å². The van der Waals surface area contributed by atoms with E-state index in [1.54, 1.807) is 0 Å². The highest BCUT2D eigenvalue weighted by Crippen LogP contribution is 2.38. The van der Waals surface area contributed by atoms with Crippen LogP contribution in [0.15, 0.2) is 72.9 Å². The maximum atomic E-state index is 12.9. The number of carbonyl (C=O) groups excluding carboxylic acids is 2. The van der Waals surface area contributed by atoms with Gasteiger partial charge in [-0.2, -0.15) is 0 Å². The lowest BCUT2D eigenvalue weighted by atomic mass is 10.0. The van der Waals surface area contributed by atoms with Crippen LogP contribution in [0.2, 0.25) is 0 Å². The summed E-state index contributed by atoms with van der Waals surface area (Å²) in [5, 5.41) is 0. The monoisotopic (exact) mass is 1420 g/mol. The third-order valence-corrected chi connectivity index (χ3v) is 20.7. The zero-order valence-corrected chi connectivity index (χ0v) is 68.1. The number of carbonyl (C=O) groups is 2. The maximum Gasteiger partial charge on any atom is 0.306 e. The Kier molecular flexibility index (Phi) is 78.5. The zero-order valence-electron chi connectivity index (χ0n) is 67.2. The number of ether oxygens (including phenoxy) is 2. The molecule has 9 nitrogen and oxygen atoms in total. The van der Waals surface area contributed by atoms with Gasteiger partial charge in [-0.05, 0) is 64.2 Å². The van der Waals surface area contributed by atoms with Gasteiger partial charge in [0.25, 0.3) is 7.82 Å². The third kappa shape index (κ3) is 84.4. The van der Waals surface area contributed by atoms with Gasteiger partial charge in [0, 0.05) is 12.8 Å². The third-order valence-electron chi connectivity index (χ3n) is 19.7. The van der Waals surface area contributed by atoms with Gasteiger partial charge in [0.15, 0.2) is 6.10 Å². The van der Waals surface area contributed by atoms with Crippen molar-refractivity contribution in [1.82, 2.24) is 0 Å². The Labute approximate surface area is 622 Å². The first-order valence-corrected chi connectivity index (χ1v) is 45.1. The molecule has 0 saturated heterocycles. The summed E-state index contributed by atoms with van der Waals surface area (Å²) >= 11 is 0. The van der Waals surface area contributed by atoms with E-state index in [0.29, 0.717) is 17.4 Å². The van der Waals surface area contributed by atoms with Gasteiger partial charge in [0.2, 0.25) is 0 Å². The summed E-state index contributed by atoms with van der Waals surface area (Å²) in [6.07, 6.45) is 111. The molecule has 2 atom stereocenters. The van der Waals surface area contributed by atoms with Crippen LogP contribution in [0.5, 0.6) is 0 Å². The second kappa shape index (κ2) is 80.5. The van der Waals surface area contributed by atoms with Gasteiger partial charge >= 0.3 is 11.9 Å². The molecule has 0 heterocycles. The minimum Gasteiger partial charge on any atom is -0.756 e. The highest BCUT2D eigenvalue weighted by Gasteiger charge is 2.22. The van der Waals surface area contributed by atoms with Crippen LogP contribution in [0.1, 0.15) is 438 Å². The first kappa shape index (κ1) is 97.4. The zero-order chi connectivity index (χ0) is 72.5. The van der Waals surface area contributed by atoms with Gasteiger partial charge in [-0.3, -0.25) is 14.2 Å². The van der Waals surface area contributed by atoms with Crippen molar-refractivity contribution in [1.29, 1.82) is 0 Å². The molecule has 0 N–H and O–H groups in total. The Hall–Kier alpha value is -2.55. The van der Waals surface area contributed by atoms with Gasteiger partial charge in [-0.25, -0.2) is 0 Å². The van der Waals surface area contributed by atoms with Crippen molar-refractivity contribution in [2.75, 3.05) is 47.5 Å². The second-order valence-corrected chi connectivity index (χ2v) is 32.3. The van der Waals surface area contributed by atoms with E-state index < -0.39 is 26.5 Å². The number of unbranched alkanes of at least 4 members (excludes halogenated alkanes) is 56. The average Bonchev–Trinajstić information content (AvgIpc) is 1.07. The molecule has 0 aliphatic carbocycles. The van der Waals surface area contributed by atoms with Crippen LogP contribution in [-0.2, 0) is 32.7 Å². The number of phosphoric ester groups is 1. The molecule has 0 amide bonds. The van der Waals surface area contributed by atoms with E-state index >= 15 is 0 Å². The van der Waals surface area contributed by atoms with E-state index in [2.05, 4.69) is 86.8 Å². The predicted octanol–water partition coefficient (Wildman–Crippen LogP) is 28.8. The molecular formula is C90H168NO8P. The first-order valence-electron chi connectivity index (χ1n) is 43.6. The van der Waals surface area contributed by atoms with E-state index in [4.69, 9.17) is 18.5 Å². The van der Waals surface area contributed by atoms with Crippen molar-refractivity contribution in [2.45, 2.75) is 444 Å². The highest BCUT2D eigenvalue weighted by atomic mass is 31.2. The summed E-state index contributed by atoms with van der Waals surface area (Å²) in [6, 6.07) is 0. The molecule has 0 radical (unpaired) electrons. The molecule has 0 aromatic rings. The van der Waals surface area contributed by atoms with Crippen molar-refractivity contribution in [3.05, 3.63) is 72.9 Å². The summed E-state index contributed by atoms with van der Waals surface area (Å²) in [7, 11) is 1.19. The normalized spacial score (nSPS) is 13.3. The number of nitrogens with zero attached hydrogens (tertiary/aromatic N) is 1. The number of rotatable bonds is 82. The SMILES string of the molecule is CC/C=C\C/C=C\C/C=C\C/C=C\C/C=C\C/C=C\CCCCCCCCCCCCCCCCCCCCCCC(=O)OC(COC(=O)CCCCCCCCCCCCCCCCCCCCCCCCCCCCCCCCCCCCCCC)COP(=O)([O-])OCC[N+](C)(C)C. The molecule has 0 aliphatic rings. The summed E-state index contributed by atoms with van der Waals surface area (Å²) in [5.74, 6) is -0.809. The average molecular weight is 1420 g/mol. The molecule has 0 bridgehead atoms. The Morgan fingerprint density at radius 1 is 0.320 bits per heavy atom. The lowest BCUT2D eigenvalue weighted by Crippen LogP contribution is -2.37. The van der Waals surface area contributed by atoms with Gasteiger partial charge in [0.05, 0.1) is 27.7 Å². The van der Waals surface area contributed by atoms with Crippen LogP contribution in [0.25, 0.3) is 0 Å². The molecule has 0 aromatic heterocycles. The fraction of sp³-hybridized carbons (Fsp3) is 0.844. The Balaban J connectivity index is 3.87. The van der Waals surface area contributed by atoms with Gasteiger partial charge in [0.1, 0.15) is 19.8 Å². The molecule has 0 aromatic carbocycles. The number of hydrogen-bond donors (Lipinski definition) is 0. The second-order valence-electron chi connectivity index (χ2n) is 30.9. The number of phosphoric acid groups is 1. The van der Waals surface area contributed by atoms with E-state index in [0.717, 1.165) is 70.6 Å². The molecule has 10 heteroatoms. The summed E-state index contributed by atoms with van der Waals surface area (Å²) in [4.78, 5) is 38.2. The fourth-order valence-corrected chi connectivity index (χ4v) is 13.9. The lowest BCUT2D eigenvalue weighted by Gasteiger charge is -2.28. The van der Waals surface area contributed by atoms with Crippen LogP contribution < -0.4 is 4.89 Å². The van der Waals surface area contributed by atoms with Crippen molar-refractivity contribution in [3.8, 4) is 0 Å². The molecule has 0 rings (SSSR count). The molecule has 586 valence electrons.